The summed E-state index contributed by atoms with van der Waals surface area (Å²) in [5, 5.41) is 14.7. The van der Waals surface area contributed by atoms with Gasteiger partial charge in [-0.25, -0.2) is 5.43 Å². The van der Waals surface area contributed by atoms with E-state index in [-0.39, 0.29) is 12.3 Å². The van der Waals surface area contributed by atoms with E-state index in [0.29, 0.717) is 11.3 Å². The maximum Gasteiger partial charge on any atom is 0.277 e. The van der Waals surface area contributed by atoms with Crippen molar-refractivity contribution in [1.82, 2.24) is 5.43 Å². The SMILES string of the molecule is Cc1cccc(OCC(=O)NN=CC=Cc2ccccc2[N+](=O)[O-])c1C. The van der Waals surface area contributed by atoms with Gasteiger partial charge in [0.25, 0.3) is 11.6 Å². The van der Waals surface area contributed by atoms with Crippen LogP contribution >= 0.6 is 0 Å². The van der Waals surface area contributed by atoms with Gasteiger partial charge in [-0.2, -0.15) is 5.10 Å². The van der Waals surface area contributed by atoms with E-state index in [1.54, 1.807) is 30.3 Å². The number of carbonyl (C=O) groups excluding carboxylic acids is 1. The highest BCUT2D eigenvalue weighted by molar-refractivity contribution is 5.82. The molecule has 0 saturated heterocycles. The first-order chi connectivity index (χ1) is 12.5. The molecule has 0 aliphatic carbocycles. The lowest BCUT2D eigenvalue weighted by Crippen LogP contribution is -2.24. The van der Waals surface area contributed by atoms with Crippen LogP contribution in [0.5, 0.6) is 5.75 Å². The second kappa shape index (κ2) is 9.12. The Morgan fingerprint density at radius 2 is 2.00 bits per heavy atom. The van der Waals surface area contributed by atoms with Gasteiger partial charge in [0.05, 0.1) is 10.5 Å². The van der Waals surface area contributed by atoms with Crippen molar-refractivity contribution < 1.29 is 14.5 Å². The Hall–Kier alpha value is -3.48. The summed E-state index contributed by atoms with van der Waals surface area (Å²) in [5.74, 6) is 0.252. The Labute approximate surface area is 151 Å². The van der Waals surface area contributed by atoms with Crippen molar-refractivity contribution in [2.24, 2.45) is 5.10 Å². The molecule has 0 fully saturated rings. The van der Waals surface area contributed by atoms with E-state index in [1.165, 1.54) is 18.4 Å². The highest BCUT2D eigenvalue weighted by Gasteiger charge is 2.08. The number of amides is 1. The van der Waals surface area contributed by atoms with Crippen LogP contribution in [-0.4, -0.2) is 23.7 Å². The van der Waals surface area contributed by atoms with Crippen molar-refractivity contribution in [2.75, 3.05) is 6.61 Å². The summed E-state index contributed by atoms with van der Waals surface area (Å²) in [6.45, 7) is 3.74. The number of carbonyl (C=O) groups is 1. The summed E-state index contributed by atoms with van der Waals surface area (Å²) in [7, 11) is 0. The van der Waals surface area contributed by atoms with E-state index < -0.39 is 10.8 Å². The van der Waals surface area contributed by atoms with Crippen molar-refractivity contribution in [1.29, 1.82) is 0 Å². The van der Waals surface area contributed by atoms with Crippen LogP contribution < -0.4 is 10.2 Å². The third-order valence-corrected chi connectivity index (χ3v) is 3.67. The highest BCUT2D eigenvalue weighted by atomic mass is 16.6. The Bertz CT molecular complexity index is 860. The summed E-state index contributed by atoms with van der Waals surface area (Å²) >= 11 is 0. The Balaban J connectivity index is 1.84. The molecule has 0 unspecified atom stereocenters. The summed E-state index contributed by atoms with van der Waals surface area (Å²) in [6, 6.07) is 12.0. The van der Waals surface area contributed by atoms with Crippen LogP contribution in [0.1, 0.15) is 16.7 Å². The van der Waals surface area contributed by atoms with E-state index in [9.17, 15) is 14.9 Å². The average molecular weight is 353 g/mol. The number of nitro groups is 1. The molecule has 0 aliphatic rings. The molecule has 0 spiro atoms. The highest BCUT2D eigenvalue weighted by Crippen LogP contribution is 2.20. The lowest BCUT2D eigenvalue weighted by molar-refractivity contribution is -0.385. The molecule has 1 N–H and O–H groups in total. The van der Waals surface area contributed by atoms with Gasteiger partial charge in [0.2, 0.25) is 0 Å². The molecule has 7 heteroatoms. The molecule has 0 aliphatic heterocycles. The average Bonchev–Trinajstić information content (AvgIpc) is 2.63. The maximum atomic E-state index is 11.7. The maximum absolute atomic E-state index is 11.7. The van der Waals surface area contributed by atoms with Gasteiger partial charge in [-0.15, -0.1) is 0 Å². The van der Waals surface area contributed by atoms with Gasteiger partial charge < -0.3 is 4.74 Å². The third kappa shape index (κ3) is 5.27. The Morgan fingerprint density at radius 3 is 2.77 bits per heavy atom. The molecule has 1 amide bonds. The topological polar surface area (TPSA) is 93.8 Å². The van der Waals surface area contributed by atoms with Gasteiger partial charge in [-0.3, -0.25) is 14.9 Å². The number of ether oxygens (including phenoxy) is 1. The monoisotopic (exact) mass is 353 g/mol. The zero-order valence-corrected chi connectivity index (χ0v) is 14.5. The zero-order chi connectivity index (χ0) is 18.9. The molecule has 0 saturated carbocycles. The van der Waals surface area contributed by atoms with Crippen molar-refractivity contribution in [3.63, 3.8) is 0 Å². The summed E-state index contributed by atoms with van der Waals surface area (Å²) < 4.78 is 5.47. The van der Waals surface area contributed by atoms with E-state index in [1.807, 2.05) is 26.0 Å². The van der Waals surface area contributed by atoms with Crippen LogP contribution in [0.2, 0.25) is 0 Å². The second-order valence-electron chi connectivity index (χ2n) is 5.47. The van der Waals surface area contributed by atoms with Crippen LogP contribution in [0.4, 0.5) is 5.69 Å². The van der Waals surface area contributed by atoms with Crippen LogP contribution in [0.3, 0.4) is 0 Å². The van der Waals surface area contributed by atoms with Crippen molar-refractivity contribution in [2.45, 2.75) is 13.8 Å². The van der Waals surface area contributed by atoms with Crippen molar-refractivity contribution in [3.8, 4) is 5.75 Å². The van der Waals surface area contributed by atoms with Crippen LogP contribution in [0, 0.1) is 24.0 Å². The van der Waals surface area contributed by atoms with Crippen molar-refractivity contribution >= 4 is 23.9 Å². The number of hydrazone groups is 1. The van der Waals surface area contributed by atoms with Gasteiger partial charge in [0.15, 0.2) is 6.61 Å². The number of allylic oxidation sites excluding steroid dienone is 1. The molecule has 0 radical (unpaired) electrons. The number of aryl methyl sites for hydroxylation is 1. The van der Waals surface area contributed by atoms with Crippen LogP contribution in [-0.2, 0) is 4.79 Å². The minimum Gasteiger partial charge on any atom is -0.483 e. The van der Waals surface area contributed by atoms with Gasteiger partial charge >= 0.3 is 0 Å². The molecule has 0 bridgehead atoms. The number of rotatable bonds is 7. The van der Waals surface area contributed by atoms with E-state index in [4.69, 9.17) is 4.74 Å². The predicted molar refractivity (Wildman–Crippen MR) is 100 cm³/mol. The number of benzene rings is 2. The molecule has 2 aromatic carbocycles. The normalized spacial score (nSPS) is 11.0. The first-order valence-corrected chi connectivity index (χ1v) is 7.90. The van der Waals surface area contributed by atoms with E-state index in [2.05, 4.69) is 10.5 Å². The summed E-state index contributed by atoms with van der Waals surface area (Å²) in [4.78, 5) is 22.2. The van der Waals surface area contributed by atoms with E-state index >= 15 is 0 Å². The fourth-order valence-electron chi connectivity index (χ4n) is 2.15. The van der Waals surface area contributed by atoms with Crippen LogP contribution in [0.25, 0.3) is 6.08 Å². The van der Waals surface area contributed by atoms with Gasteiger partial charge in [0.1, 0.15) is 5.75 Å². The molecule has 134 valence electrons. The zero-order valence-electron chi connectivity index (χ0n) is 14.5. The fraction of sp³-hybridized carbons (Fsp3) is 0.158. The summed E-state index contributed by atoms with van der Waals surface area (Å²) in [6.07, 6.45) is 4.39. The van der Waals surface area contributed by atoms with E-state index in [0.717, 1.165) is 11.1 Å². The molecule has 0 aromatic heterocycles. The fourth-order valence-corrected chi connectivity index (χ4v) is 2.15. The smallest absolute Gasteiger partial charge is 0.277 e. The van der Waals surface area contributed by atoms with Gasteiger partial charge in [-0.1, -0.05) is 24.3 Å². The van der Waals surface area contributed by atoms with Crippen LogP contribution in [0.15, 0.2) is 53.6 Å². The molecule has 2 rings (SSSR count). The molecule has 0 atom stereocenters. The second-order valence-corrected chi connectivity index (χ2v) is 5.47. The summed E-state index contributed by atoms with van der Waals surface area (Å²) in [5.41, 5.74) is 4.85. The molecule has 0 heterocycles. The number of hydrogen-bond acceptors (Lipinski definition) is 5. The third-order valence-electron chi connectivity index (χ3n) is 3.67. The number of nitrogens with one attached hydrogen (secondary N) is 1. The minimum absolute atomic E-state index is 0.00288. The lowest BCUT2D eigenvalue weighted by Gasteiger charge is -2.09. The Morgan fingerprint density at radius 1 is 1.23 bits per heavy atom. The molecular weight excluding hydrogens is 334 g/mol. The number of nitro benzene ring substituents is 1. The largest absolute Gasteiger partial charge is 0.483 e. The molecule has 26 heavy (non-hydrogen) atoms. The predicted octanol–water partition coefficient (Wildman–Crippen LogP) is 3.41. The van der Waals surface area contributed by atoms with Gasteiger partial charge in [0, 0.05) is 12.3 Å². The number of para-hydroxylation sites is 1. The minimum atomic E-state index is -0.455. The quantitative estimate of drug-likeness (QED) is 0.469. The molecule has 2 aromatic rings. The lowest BCUT2D eigenvalue weighted by atomic mass is 10.1. The first kappa shape index (κ1) is 18.9. The van der Waals surface area contributed by atoms with Crippen molar-refractivity contribution in [3.05, 3.63) is 75.3 Å². The number of nitrogens with zero attached hydrogens (tertiary/aromatic N) is 2. The Kier molecular flexibility index (Phi) is 6.61. The number of hydrogen-bond donors (Lipinski definition) is 1. The standard InChI is InChI=1S/C19H19N3O4/c1-14-7-5-11-18(15(14)2)26-13-19(23)21-20-12-6-9-16-8-3-4-10-17(16)22(24)25/h3-12H,13H2,1-2H3,(H,21,23). The molecular formula is C19H19N3O4. The molecule has 7 nitrogen and oxygen atoms in total. The first-order valence-electron chi connectivity index (χ1n) is 7.90. The van der Waals surface area contributed by atoms with Gasteiger partial charge in [-0.05, 0) is 49.3 Å².